The van der Waals surface area contributed by atoms with E-state index in [1.54, 1.807) is 30.0 Å². The number of anilines is 2. The molecule has 0 radical (unpaired) electrons. The Kier molecular flexibility index (Phi) is 6.86. The van der Waals surface area contributed by atoms with E-state index >= 15 is 0 Å². The van der Waals surface area contributed by atoms with Crippen LogP contribution in [0.2, 0.25) is 5.02 Å². The van der Waals surface area contributed by atoms with Gasteiger partial charge in [-0.25, -0.2) is 8.42 Å². The van der Waals surface area contributed by atoms with Crippen LogP contribution < -0.4 is 9.21 Å². The lowest BCUT2D eigenvalue weighted by molar-refractivity contribution is -0.132. The molecule has 168 valence electrons. The van der Waals surface area contributed by atoms with Gasteiger partial charge in [0.05, 0.1) is 11.9 Å². The summed E-state index contributed by atoms with van der Waals surface area (Å²) in [5.41, 5.74) is 4.85. The van der Waals surface area contributed by atoms with E-state index in [1.165, 1.54) is 21.1 Å². The molecule has 1 aliphatic heterocycles. The van der Waals surface area contributed by atoms with Crippen molar-refractivity contribution in [1.82, 2.24) is 4.90 Å². The van der Waals surface area contributed by atoms with Crippen LogP contribution in [0.4, 0.5) is 11.4 Å². The number of rotatable bonds is 5. The summed E-state index contributed by atoms with van der Waals surface area (Å²) >= 11 is 6.12. The van der Waals surface area contributed by atoms with E-state index in [2.05, 4.69) is 36.9 Å². The highest BCUT2D eigenvalue weighted by molar-refractivity contribution is 7.92. The standard InChI is InChI=1S/C23H30ClN3O3S/c1-16-7-6-8-21(18(16)3)25-11-13-26(14-12-25)23(28)19(4)27(31(5,29)30)22-15-20(24)10-9-17(22)2/h6-10,15,19H,11-14H2,1-5H3. The lowest BCUT2D eigenvalue weighted by atomic mass is 10.1. The van der Waals surface area contributed by atoms with Gasteiger partial charge in [-0.1, -0.05) is 29.8 Å². The number of nitrogens with zero attached hydrogens (tertiary/aromatic N) is 3. The molecule has 0 saturated carbocycles. The maximum atomic E-state index is 13.3. The van der Waals surface area contributed by atoms with Crippen LogP contribution >= 0.6 is 11.6 Å². The summed E-state index contributed by atoms with van der Waals surface area (Å²) in [7, 11) is -3.69. The molecule has 1 saturated heterocycles. The molecule has 0 N–H and O–H groups in total. The van der Waals surface area contributed by atoms with Crippen LogP contribution in [0.1, 0.15) is 23.6 Å². The zero-order valence-corrected chi connectivity index (χ0v) is 20.3. The number of hydrogen-bond acceptors (Lipinski definition) is 4. The number of piperazine rings is 1. The van der Waals surface area contributed by atoms with Gasteiger partial charge in [0, 0.05) is 36.9 Å². The fraction of sp³-hybridized carbons (Fsp3) is 0.435. The van der Waals surface area contributed by atoms with E-state index in [9.17, 15) is 13.2 Å². The molecule has 6 nitrogen and oxygen atoms in total. The van der Waals surface area contributed by atoms with Gasteiger partial charge in [-0.05, 0) is 62.6 Å². The minimum absolute atomic E-state index is 0.203. The van der Waals surface area contributed by atoms with Crippen LogP contribution in [0.5, 0.6) is 0 Å². The summed E-state index contributed by atoms with van der Waals surface area (Å²) in [4.78, 5) is 17.3. The molecule has 1 aliphatic rings. The second kappa shape index (κ2) is 9.09. The molecule has 1 fully saturated rings. The van der Waals surface area contributed by atoms with E-state index in [-0.39, 0.29) is 5.91 Å². The molecule has 8 heteroatoms. The number of hydrogen-bond donors (Lipinski definition) is 0. The van der Waals surface area contributed by atoms with Gasteiger partial charge in [0.1, 0.15) is 6.04 Å². The topological polar surface area (TPSA) is 60.9 Å². The third kappa shape index (κ3) is 4.99. The van der Waals surface area contributed by atoms with Gasteiger partial charge in [-0.3, -0.25) is 9.10 Å². The lowest BCUT2D eigenvalue weighted by Crippen LogP contribution is -2.55. The number of aryl methyl sites for hydroxylation is 2. The molecule has 3 rings (SSSR count). The summed E-state index contributed by atoms with van der Waals surface area (Å²) in [6.45, 7) is 10.2. The summed E-state index contributed by atoms with van der Waals surface area (Å²) < 4.78 is 26.5. The van der Waals surface area contributed by atoms with Gasteiger partial charge < -0.3 is 9.80 Å². The number of sulfonamides is 1. The smallest absolute Gasteiger partial charge is 0.246 e. The normalized spacial score (nSPS) is 15.7. The van der Waals surface area contributed by atoms with Crippen molar-refractivity contribution in [1.29, 1.82) is 0 Å². The van der Waals surface area contributed by atoms with Crippen molar-refractivity contribution in [3.63, 3.8) is 0 Å². The van der Waals surface area contributed by atoms with Gasteiger partial charge in [-0.2, -0.15) is 0 Å². The predicted octanol–water partition coefficient (Wildman–Crippen LogP) is 3.77. The van der Waals surface area contributed by atoms with Gasteiger partial charge in [0.25, 0.3) is 0 Å². The van der Waals surface area contributed by atoms with Crippen molar-refractivity contribution >= 4 is 38.9 Å². The van der Waals surface area contributed by atoms with Crippen LogP contribution in [0.3, 0.4) is 0 Å². The average molecular weight is 464 g/mol. The fourth-order valence-electron chi connectivity index (χ4n) is 4.10. The monoisotopic (exact) mass is 463 g/mol. The molecule has 2 aromatic rings. The van der Waals surface area contributed by atoms with E-state index in [0.29, 0.717) is 36.9 Å². The minimum atomic E-state index is -3.69. The van der Waals surface area contributed by atoms with Gasteiger partial charge in [0.2, 0.25) is 15.9 Å². The largest absolute Gasteiger partial charge is 0.368 e. The first kappa shape index (κ1) is 23.4. The number of amides is 1. The molecule has 1 heterocycles. The van der Waals surface area contributed by atoms with Crippen LogP contribution in [0.25, 0.3) is 0 Å². The zero-order valence-electron chi connectivity index (χ0n) is 18.7. The van der Waals surface area contributed by atoms with Gasteiger partial charge >= 0.3 is 0 Å². The minimum Gasteiger partial charge on any atom is -0.368 e. The zero-order chi connectivity index (χ0) is 22.9. The molecule has 1 atom stereocenters. The van der Waals surface area contributed by atoms with Crippen molar-refractivity contribution in [3.8, 4) is 0 Å². The first-order valence-electron chi connectivity index (χ1n) is 10.4. The molecule has 0 spiro atoms. The van der Waals surface area contributed by atoms with Crippen LogP contribution in [-0.2, 0) is 14.8 Å². The Morgan fingerprint density at radius 2 is 1.68 bits per heavy atom. The van der Waals surface area contributed by atoms with Crippen molar-refractivity contribution in [2.75, 3.05) is 41.6 Å². The summed E-state index contributed by atoms with van der Waals surface area (Å²) in [6.07, 6.45) is 1.12. The quantitative estimate of drug-likeness (QED) is 0.677. The number of carbonyl (C=O) groups excluding carboxylic acids is 1. The van der Waals surface area contributed by atoms with Crippen molar-refractivity contribution < 1.29 is 13.2 Å². The molecule has 0 aliphatic carbocycles. The highest BCUT2D eigenvalue weighted by atomic mass is 35.5. The highest BCUT2D eigenvalue weighted by Gasteiger charge is 2.34. The van der Waals surface area contributed by atoms with E-state index in [1.807, 2.05) is 6.92 Å². The van der Waals surface area contributed by atoms with E-state index < -0.39 is 16.1 Å². The van der Waals surface area contributed by atoms with Crippen molar-refractivity contribution in [3.05, 3.63) is 58.1 Å². The second-order valence-corrected chi connectivity index (χ2v) is 10.5. The molecule has 1 amide bonds. The van der Waals surface area contributed by atoms with Crippen molar-refractivity contribution in [2.45, 2.75) is 33.7 Å². The van der Waals surface area contributed by atoms with Crippen molar-refractivity contribution in [2.24, 2.45) is 0 Å². The predicted molar refractivity (Wildman–Crippen MR) is 128 cm³/mol. The fourth-order valence-corrected chi connectivity index (χ4v) is 5.49. The molecule has 2 aromatic carbocycles. The van der Waals surface area contributed by atoms with E-state index in [0.717, 1.165) is 11.8 Å². The Morgan fingerprint density at radius 3 is 2.29 bits per heavy atom. The third-order valence-electron chi connectivity index (χ3n) is 5.98. The van der Waals surface area contributed by atoms with Gasteiger partial charge in [-0.15, -0.1) is 0 Å². The molecular formula is C23H30ClN3O3S. The number of benzene rings is 2. The molecule has 0 bridgehead atoms. The summed E-state index contributed by atoms with van der Waals surface area (Å²) in [6, 6.07) is 10.5. The number of carbonyl (C=O) groups is 1. The Hall–Kier alpha value is -2.25. The third-order valence-corrected chi connectivity index (χ3v) is 7.45. The summed E-state index contributed by atoms with van der Waals surface area (Å²) in [5, 5.41) is 0.427. The highest BCUT2D eigenvalue weighted by Crippen LogP contribution is 2.29. The van der Waals surface area contributed by atoms with Crippen LogP contribution in [0, 0.1) is 20.8 Å². The van der Waals surface area contributed by atoms with Crippen LogP contribution in [0.15, 0.2) is 36.4 Å². The Labute approximate surface area is 190 Å². The Balaban J connectivity index is 1.79. The molecular weight excluding hydrogens is 434 g/mol. The van der Waals surface area contributed by atoms with E-state index in [4.69, 9.17) is 11.6 Å². The first-order chi connectivity index (χ1) is 14.5. The molecule has 1 unspecified atom stereocenters. The van der Waals surface area contributed by atoms with Crippen LogP contribution in [-0.4, -0.2) is 57.7 Å². The summed E-state index contributed by atoms with van der Waals surface area (Å²) in [5.74, 6) is -0.203. The Morgan fingerprint density at radius 1 is 1.03 bits per heavy atom. The second-order valence-electron chi connectivity index (χ2n) is 8.20. The maximum absolute atomic E-state index is 13.3. The SMILES string of the molecule is Cc1ccc(Cl)cc1N(C(C)C(=O)N1CCN(c2cccc(C)c2C)CC1)S(C)(=O)=O. The Bertz CT molecular complexity index is 1080. The number of halogens is 1. The molecule has 31 heavy (non-hydrogen) atoms. The van der Waals surface area contributed by atoms with Gasteiger partial charge in [0.15, 0.2) is 0 Å². The lowest BCUT2D eigenvalue weighted by Gasteiger charge is -2.39. The maximum Gasteiger partial charge on any atom is 0.246 e. The average Bonchev–Trinajstić information content (AvgIpc) is 2.71. The molecule has 0 aromatic heterocycles. The first-order valence-corrected chi connectivity index (χ1v) is 12.6.